The number of aryl methyl sites for hydroxylation is 2. The van der Waals surface area contributed by atoms with E-state index >= 15 is 8.78 Å². The van der Waals surface area contributed by atoms with Gasteiger partial charge in [-0.25, -0.2) is 8.78 Å². The van der Waals surface area contributed by atoms with Crippen LogP contribution in [0.1, 0.15) is 264 Å². The van der Waals surface area contributed by atoms with Crippen LogP contribution in [0.5, 0.6) is 0 Å². The SMILES string of the molecule is CCCCCCCCCCC(CCCCCCCC)Cc1cc(C2=C(F)C(F)=C(c3cc(CC(CCCCCCCC)CCCCCCCCCC)c(-c4ccc(-c5ccc(C)s5)s4)s3)C(=N)C2=N)sc1C. The minimum absolute atomic E-state index is 0.0494. The van der Waals surface area contributed by atoms with Crippen molar-refractivity contribution in [1.29, 1.82) is 10.8 Å². The topological polar surface area (TPSA) is 47.7 Å². The van der Waals surface area contributed by atoms with Crippen LogP contribution in [0.4, 0.5) is 8.78 Å². The van der Waals surface area contributed by atoms with Crippen LogP contribution in [-0.4, -0.2) is 11.4 Å². The van der Waals surface area contributed by atoms with E-state index in [1.165, 1.54) is 254 Å². The van der Waals surface area contributed by atoms with E-state index in [0.717, 1.165) is 27.5 Å². The van der Waals surface area contributed by atoms with E-state index in [9.17, 15) is 10.8 Å². The molecule has 4 heterocycles. The molecule has 0 spiro atoms. The van der Waals surface area contributed by atoms with E-state index in [1.54, 1.807) is 22.7 Å². The molecular formula is C64H96F2N2S4. The molecule has 0 saturated carbocycles. The Morgan fingerprint density at radius 2 is 0.736 bits per heavy atom. The molecule has 72 heavy (non-hydrogen) atoms. The van der Waals surface area contributed by atoms with Crippen LogP contribution in [0.25, 0.3) is 30.7 Å². The molecule has 0 fully saturated rings. The highest BCUT2D eigenvalue weighted by Gasteiger charge is 2.35. The van der Waals surface area contributed by atoms with Gasteiger partial charge >= 0.3 is 0 Å². The highest BCUT2D eigenvalue weighted by molar-refractivity contribution is 7.27. The van der Waals surface area contributed by atoms with Crippen molar-refractivity contribution in [2.45, 2.75) is 260 Å². The quantitative estimate of drug-likeness (QED) is 0.0329. The Morgan fingerprint density at radius 3 is 1.15 bits per heavy atom. The van der Waals surface area contributed by atoms with E-state index in [4.69, 9.17) is 0 Å². The maximum absolute atomic E-state index is 17.0. The van der Waals surface area contributed by atoms with Gasteiger partial charge in [0.1, 0.15) is 0 Å². The van der Waals surface area contributed by atoms with Crippen LogP contribution < -0.4 is 0 Å². The van der Waals surface area contributed by atoms with E-state index in [0.29, 0.717) is 21.6 Å². The molecule has 2 N–H and O–H groups in total. The lowest BCUT2D eigenvalue weighted by molar-refractivity contribution is 0.400. The van der Waals surface area contributed by atoms with Gasteiger partial charge in [0.2, 0.25) is 0 Å². The fraction of sp³-hybridized carbons (Fsp3) is 0.656. The van der Waals surface area contributed by atoms with Gasteiger partial charge in [0.05, 0.1) is 22.6 Å². The summed E-state index contributed by atoms with van der Waals surface area (Å²) in [5.41, 5.74) is 1.85. The largest absolute Gasteiger partial charge is 0.298 e. The number of nitrogens with one attached hydrogen (secondary N) is 2. The number of unbranched alkanes of at least 4 members (excludes halogenated alkanes) is 24. The number of halogens is 2. The number of allylic oxidation sites excluding steroid dienone is 4. The van der Waals surface area contributed by atoms with Crippen molar-refractivity contribution in [3.8, 4) is 19.5 Å². The molecule has 0 bridgehead atoms. The van der Waals surface area contributed by atoms with Crippen LogP contribution in [0.3, 0.4) is 0 Å². The van der Waals surface area contributed by atoms with Crippen molar-refractivity contribution in [3.63, 3.8) is 0 Å². The van der Waals surface area contributed by atoms with E-state index in [1.807, 2.05) is 6.07 Å². The van der Waals surface area contributed by atoms with Gasteiger partial charge in [-0.3, -0.25) is 10.8 Å². The Morgan fingerprint density at radius 1 is 0.389 bits per heavy atom. The highest BCUT2D eigenvalue weighted by Crippen LogP contribution is 2.48. The molecule has 1 aliphatic carbocycles. The Hall–Kier alpha value is -2.52. The van der Waals surface area contributed by atoms with E-state index < -0.39 is 11.7 Å². The van der Waals surface area contributed by atoms with Gasteiger partial charge in [-0.1, -0.05) is 233 Å². The molecule has 4 aromatic rings. The maximum atomic E-state index is 17.0. The zero-order valence-corrected chi connectivity index (χ0v) is 49.3. The Balaban J connectivity index is 1.41. The summed E-state index contributed by atoms with van der Waals surface area (Å²) in [6.07, 6.45) is 42.9. The average molecular weight is 1060 g/mol. The van der Waals surface area contributed by atoms with Gasteiger partial charge in [0.25, 0.3) is 0 Å². The predicted octanol–water partition coefficient (Wildman–Crippen LogP) is 23.9. The third-order valence-electron chi connectivity index (χ3n) is 15.4. The Labute approximate surface area is 454 Å². The normalized spacial score (nSPS) is 14.2. The van der Waals surface area contributed by atoms with Crippen molar-refractivity contribution in [2.75, 3.05) is 0 Å². The smallest absolute Gasteiger partial charge is 0.170 e. The van der Waals surface area contributed by atoms with Crippen molar-refractivity contribution >= 4 is 67.9 Å². The standard InChI is InChI=1S/C64H96F2N2S4/c1-7-11-15-19-23-25-29-33-36-49(35-31-27-21-17-13-9-3)43-51-45-56(70-48(51)6)58-60(65)61(66)59(63(68)62(58)67)57-46-52(64(72-57)55-42-41-54(71-55)53-40-39-47(5)69-53)44-50(37-32-28-22-18-14-10-4)38-34-30-26-24-20-16-12-8-2/h39-42,45-46,49-50,67-68H,7-38,43-44H2,1-6H3. The number of thiophene rings is 4. The number of hydrogen-bond acceptors (Lipinski definition) is 6. The van der Waals surface area contributed by atoms with Crippen molar-refractivity contribution in [1.82, 2.24) is 0 Å². The lowest BCUT2D eigenvalue weighted by Crippen LogP contribution is -2.21. The van der Waals surface area contributed by atoms with Gasteiger partial charge in [-0.05, 0) is 86.1 Å². The molecule has 1 aliphatic rings. The van der Waals surface area contributed by atoms with Gasteiger partial charge < -0.3 is 0 Å². The van der Waals surface area contributed by atoms with Gasteiger partial charge in [0, 0.05) is 39.0 Å². The first kappa shape index (κ1) is 60.3. The molecule has 5 rings (SSSR count). The summed E-state index contributed by atoms with van der Waals surface area (Å²) < 4.78 is 34.0. The minimum Gasteiger partial charge on any atom is -0.298 e. The second-order valence-corrected chi connectivity index (χ2v) is 26.3. The second kappa shape index (κ2) is 34.2. The first-order valence-electron chi connectivity index (χ1n) is 29.5. The van der Waals surface area contributed by atoms with Crippen molar-refractivity contribution in [2.24, 2.45) is 11.8 Å². The zero-order chi connectivity index (χ0) is 51.5. The molecule has 0 aliphatic heterocycles. The number of hydrogen-bond donors (Lipinski definition) is 2. The van der Waals surface area contributed by atoms with Crippen molar-refractivity contribution < 1.29 is 8.78 Å². The van der Waals surface area contributed by atoms with Crippen LogP contribution in [0, 0.1) is 36.5 Å². The molecule has 2 unspecified atom stereocenters. The van der Waals surface area contributed by atoms with Gasteiger partial charge in [0.15, 0.2) is 11.7 Å². The lowest BCUT2D eigenvalue weighted by atomic mass is 9.87. The van der Waals surface area contributed by atoms with Crippen LogP contribution in [0.15, 0.2) is 48.1 Å². The summed E-state index contributed by atoms with van der Waals surface area (Å²) in [6.45, 7) is 13.4. The third kappa shape index (κ3) is 19.6. The zero-order valence-electron chi connectivity index (χ0n) is 46.0. The van der Waals surface area contributed by atoms with E-state index in [2.05, 4.69) is 71.9 Å². The summed E-state index contributed by atoms with van der Waals surface area (Å²) in [6, 6.07) is 12.9. The molecule has 4 aromatic heterocycles. The fourth-order valence-corrected chi connectivity index (χ4v) is 15.4. The predicted molar refractivity (Wildman–Crippen MR) is 321 cm³/mol. The molecule has 0 radical (unpaired) electrons. The van der Waals surface area contributed by atoms with Crippen LogP contribution in [-0.2, 0) is 12.8 Å². The van der Waals surface area contributed by atoms with Gasteiger partial charge in [-0.15, -0.1) is 45.3 Å². The summed E-state index contributed by atoms with van der Waals surface area (Å²) in [4.78, 5) is 8.25. The Bertz CT molecular complexity index is 2250. The summed E-state index contributed by atoms with van der Waals surface area (Å²) in [7, 11) is 0. The molecule has 2 nitrogen and oxygen atoms in total. The van der Waals surface area contributed by atoms with E-state index in [-0.39, 0.29) is 22.6 Å². The minimum atomic E-state index is -0.989. The van der Waals surface area contributed by atoms with Gasteiger partial charge in [-0.2, -0.15) is 0 Å². The highest BCUT2D eigenvalue weighted by atomic mass is 32.1. The monoisotopic (exact) mass is 1060 g/mol. The summed E-state index contributed by atoms with van der Waals surface area (Å²) in [5.74, 6) is -0.910. The average Bonchev–Trinajstić information content (AvgIpc) is 4.20. The second-order valence-electron chi connectivity index (χ2n) is 21.6. The maximum Gasteiger partial charge on any atom is 0.170 e. The van der Waals surface area contributed by atoms with Crippen LogP contribution >= 0.6 is 45.3 Å². The number of rotatable bonds is 40. The molecule has 400 valence electrons. The molecule has 0 saturated heterocycles. The molecule has 2 atom stereocenters. The van der Waals surface area contributed by atoms with Crippen LogP contribution in [0.2, 0.25) is 0 Å². The molecule has 0 amide bonds. The van der Waals surface area contributed by atoms with Crippen molar-refractivity contribution in [3.05, 3.63) is 78.7 Å². The summed E-state index contributed by atoms with van der Waals surface area (Å²) >= 11 is 6.54. The third-order valence-corrected chi connectivity index (χ3v) is 20.2. The lowest BCUT2D eigenvalue weighted by Gasteiger charge is -2.19. The summed E-state index contributed by atoms with van der Waals surface area (Å²) in [5, 5.41) is 18.8. The Kier molecular flexibility index (Phi) is 28.7. The molecule has 8 heteroatoms. The molecule has 0 aromatic carbocycles. The fourth-order valence-electron chi connectivity index (χ4n) is 10.9. The molecular weight excluding hydrogens is 963 g/mol. The first-order chi connectivity index (χ1) is 35.1. The first-order valence-corrected chi connectivity index (χ1v) is 32.7.